The molecule has 0 bridgehead atoms. The fourth-order valence-corrected chi connectivity index (χ4v) is 2.22. The van der Waals surface area contributed by atoms with Gasteiger partial charge in [-0.05, 0) is 12.1 Å². The molecule has 0 amide bonds. The van der Waals surface area contributed by atoms with Gasteiger partial charge in [-0.25, -0.2) is 0 Å². The Bertz CT molecular complexity index is 801. The van der Waals surface area contributed by atoms with E-state index in [4.69, 9.17) is 14.8 Å². The van der Waals surface area contributed by atoms with Crippen LogP contribution in [0.5, 0.6) is 0 Å². The Labute approximate surface area is 131 Å². The monoisotopic (exact) mass is 310 g/mol. The molecule has 7 nitrogen and oxygen atoms in total. The molecule has 3 aromatic rings. The number of pyridine rings is 2. The summed E-state index contributed by atoms with van der Waals surface area (Å²) in [6, 6.07) is 14.5. The van der Waals surface area contributed by atoms with E-state index in [1.807, 2.05) is 24.3 Å². The number of nitrogens with zero attached hydrogens (tertiary/aromatic N) is 4. The summed E-state index contributed by atoms with van der Waals surface area (Å²) in [6.07, 6.45) is 6.24. The number of rotatable bonds is 4. The molecule has 0 unspecified atom stereocenters. The van der Waals surface area contributed by atoms with E-state index in [2.05, 4.69) is 10.3 Å². The average molecular weight is 310 g/mol. The minimum atomic E-state index is 0.554. The van der Waals surface area contributed by atoms with Gasteiger partial charge < -0.3 is 14.8 Å². The Morgan fingerprint density at radius 3 is 1.65 bits per heavy atom. The van der Waals surface area contributed by atoms with E-state index in [0.29, 0.717) is 23.2 Å². The summed E-state index contributed by atoms with van der Waals surface area (Å²) in [4.78, 5) is 0. The van der Waals surface area contributed by atoms with Crippen LogP contribution >= 0.6 is 0 Å². The average Bonchev–Trinajstić information content (AvgIpc) is 3.06. The summed E-state index contributed by atoms with van der Waals surface area (Å²) in [6.45, 7) is 0. The van der Waals surface area contributed by atoms with Crippen LogP contribution in [0.4, 0.5) is 0 Å². The standard InChI is InChI=1S/C16H12N4O3/c21-17-11-13-5-1-3-9-19(13)15-7-8-16(23-15)20-10-4-2-6-14(20)12-18-22/h1-12H/p+2. The highest BCUT2D eigenvalue weighted by molar-refractivity contribution is 5.74. The van der Waals surface area contributed by atoms with E-state index in [0.717, 1.165) is 0 Å². The lowest BCUT2D eigenvalue weighted by Gasteiger charge is -1.95. The van der Waals surface area contributed by atoms with Crippen LogP contribution in [0.3, 0.4) is 0 Å². The van der Waals surface area contributed by atoms with Crippen molar-refractivity contribution in [2.45, 2.75) is 0 Å². The minimum Gasteiger partial charge on any atom is -0.411 e. The summed E-state index contributed by atoms with van der Waals surface area (Å²) in [5, 5.41) is 23.6. The largest absolute Gasteiger partial charge is 0.411 e. The molecule has 0 aromatic carbocycles. The van der Waals surface area contributed by atoms with Crippen LogP contribution in [0.1, 0.15) is 11.4 Å². The summed E-state index contributed by atoms with van der Waals surface area (Å²) >= 11 is 0. The first-order chi connectivity index (χ1) is 11.3. The molecule has 7 heteroatoms. The third-order valence-electron chi connectivity index (χ3n) is 3.22. The van der Waals surface area contributed by atoms with Crippen LogP contribution < -0.4 is 9.13 Å². The normalized spacial score (nSPS) is 11.5. The lowest BCUT2D eigenvalue weighted by molar-refractivity contribution is -0.628. The molecule has 0 atom stereocenters. The van der Waals surface area contributed by atoms with Crippen LogP contribution in [-0.4, -0.2) is 22.8 Å². The van der Waals surface area contributed by atoms with Gasteiger partial charge in [-0.15, -0.1) is 9.13 Å². The number of hydrogen-bond acceptors (Lipinski definition) is 5. The second-order valence-electron chi connectivity index (χ2n) is 4.59. The lowest BCUT2D eigenvalue weighted by Crippen LogP contribution is -2.36. The van der Waals surface area contributed by atoms with E-state index >= 15 is 0 Å². The fourth-order valence-electron chi connectivity index (χ4n) is 2.22. The van der Waals surface area contributed by atoms with Gasteiger partial charge in [-0.3, -0.25) is 0 Å². The Balaban J connectivity index is 2.06. The Hall–Kier alpha value is -3.48. The van der Waals surface area contributed by atoms with Crippen molar-refractivity contribution < 1.29 is 24.0 Å². The maximum absolute atomic E-state index is 8.75. The molecular weight excluding hydrogens is 296 g/mol. The van der Waals surface area contributed by atoms with Crippen LogP contribution in [0.25, 0.3) is 11.8 Å². The van der Waals surface area contributed by atoms with Crippen LogP contribution in [0, 0.1) is 0 Å². The van der Waals surface area contributed by atoms with E-state index in [9.17, 15) is 0 Å². The third kappa shape index (κ3) is 2.93. The molecule has 0 radical (unpaired) electrons. The summed E-state index contributed by atoms with van der Waals surface area (Å²) in [7, 11) is 0. The smallest absolute Gasteiger partial charge is 0.383 e. The van der Waals surface area contributed by atoms with Gasteiger partial charge in [0, 0.05) is 24.3 Å². The lowest BCUT2D eigenvalue weighted by atomic mass is 10.3. The van der Waals surface area contributed by atoms with Crippen molar-refractivity contribution in [3.8, 4) is 11.8 Å². The highest BCUT2D eigenvalue weighted by Gasteiger charge is 2.22. The molecule has 0 saturated heterocycles. The van der Waals surface area contributed by atoms with Crippen molar-refractivity contribution in [3.63, 3.8) is 0 Å². The quantitative estimate of drug-likeness (QED) is 0.331. The van der Waals surface area contributed by atoms with E-state index in [1.54, 1.807) is 45.8 Å². The topological polar surface area (TPSA) is 86.1 Å². The van der Waals surface area contributed by atoms with Crippen LogP contribution in [0.15, 0.2) is 75.7 Å². The molecular formula is C16H14N4O3+2. The summed E-state index contributed by atoms with van der Waals surface area (Å²) in [5.41, 5.74) is 1.32. The molecule has 0 spiro atoms. The van der Waals surface area contributed by atoms with E-state index in [1.165, 1.54) is 12.4 Å². The molecule has 0 aliphatic rings. The molecule has 0 aliphatic heterocycles. The van der Waals surface area contributed by atoms with Gasteiger partial charge in [0.15, 0.2) is 12.4 Å². The maximum Gasteiger partial charge on any atom is 0.383 e. The second-order valence-corrected chi connectivity index (χ2v) is 4.59. The van der Waals surface area contributed by atoms with Gasteiger partial charge in [0.1, 0.15) is 12.4 Å². The van der Waals surface area contributed by atoms with Crippen molar-refractivity contribution in [1.29, 1.82) is 0 Å². The molecule has 3 heterocycles. The van der Waals surface area contributed by atoms with Gasteiger partial charge in [0.2, 0.25) is 11.4 Å². The van der Waals surface area contributed by atoms with Crippen LogP contribution in [-0.2, 0) is 0 Å². The predicted octanol–water partition coefficient (Wildman–Crippen LogP) is 1.45. The molecule has 3 aromatic heterocycles. The second kappa shape index (κ2) is 6.52. The molecule has 23 heavy (non-hydrogen) atoms. The molecule has 0 aliphatic carbocycles. The fraction of sp³-hybridized carbons (Fsp3) is 0. The summed E-state index contributed by atoms with van der Waals surface area (Å²) < 4.78 is 9.35. The number of hydrogen-bond donors (Lipinski definition) is 2. The molecule has 114 valence electrons. The Morgan fingerprint density at radius 1 is 0.739 bits per heavy atom. The van der Waals surface area contributed by atoms with Gasteiger partial charge in [0.05, 0.1) is 12.1 Å². The maximum atomic E-state index is 8.75. The first-order valence-electron chi connectivity index (χ1n) is 6.80. The first kappa shape index (κ1) is 14.5. The van der Waals surface area contributed by atoms with E-state index < -0.39 is 0 Å². The molecule has 0 fully saturated rings. The molecule has 3 rings (SSSR count). The van der Waals surface area contributed by atoms with Crippen LogP contribution in [0.2, 0.25) is 0 Å². The zero-order chi connectivity index (χ0) is 16.1. The van der Waals surface area contributed by atoms with Crippen molar-refractivity contribution in [2.75, 3.05) is 0 Å². The van der Waals surface area contributed by atoms with Gasteiger partial charge in [0.25, 0.3) is 0 Å². The molecule has 2 N–H and O–H groups in total. The third-order valence-corrected chi connectivity index (χ3v) is 3.22. The Morgan fingerprint density at radius 2 is 1.22 bits per heavy atom. The number of aromatic nitrogens is 2. The van der Waals surface area contributed by atoms with Gasteiger partial charge >= 0.3 is 11.8 Å². The first-order valence-corrected chi connectivity index (χ1v) is 6.80. The Kier molecular flexibility index (Phi) is 4.10. The van der Waals surface area contributed by atoms with Crippen molar-refractivity contribution in [3.05, 3.63) is 72.3 Å². The highest BCUT2D eigenvalue weighted by Crippen LogP contribution is 2.09. The minimum absolute atomic E-state index is 0.554. The van der Waals surface area contributed by atoms with E-state index in [-0.39, 0.29) is 0 Å². The zero-order valence-corrected chi connectivity index (χ0v) is 12.0. The predicted molar refractivity (Wildman–Crippen MR) is 80.5 cm³/mol. The summed E-state index contributed by atoms with van der Waals surface area (Å²) in [5.74, 6) is 1.11. The van der Waals surface area contributed by atoms with Gasteiger partial charge in [-0.1, -0.05) is 10.3 Å². The SMILES string of the molecule is O/N=C/c1cccc[n+]1-c1ccc(-[n+]2ccccc2/C=N/O)o1. The molecule has 0 saturated carbocycles. The van der Waals surface area contributed by atoms with Crippen molar-refractivity contribution in [2.24, 2.45) is 10.3 Å². The van der Waals surface area contributed by atoms with Crippen molar-refractivity contribution in [1.82, 2.24) is 0 Å². The number of oxime groups is 2. The zero-order valence-electron chi connectivity index (χ0n) is 12.0. The highest BCUT2D eigenvalue weighted by atomic mass is 16.4. The van der Waals surface area contributed by atoms with Crippen molar-refractivity contribution >= 4 is 12.4 Å². The number of furan rings is 1. The van der Waals surface area contributed by atoms with Gasteiger partial charge in [-0.2, -0.15) is 0 Å².